The van der Waals surface area contributed by atoms with Gasteiger partial charge in [0.05, 0.1) is 12.1 Å². The van der Waals surface area contributed by atoms with Gasteiger partial charge in [-0.2, -0.15) is 23.7 Å². The maximum absolute atomic E-state index is 13.7. The van der Waals surface area contributed by atoms with Crippen LogP contribution >= 0.6 is 0 Å². The monoisotopic (exact) mass is 389 g/mol. The molecular weight excluding hydrogens is 380 g/mol. The summed E-state index contributed by atoms with van der Waals surface area (Å²) in [7, 11) is 0. The van der Waals surface area contributed by atoms with E-state index in [-0.39, 0.29) is 16.6 Å². The fourth-order valence-electron chi connectivity index (χ4n) is 2.27. The van der Waals surface area contributed by atoms with Crippen LogP contribution in [-0.4, -0.2) is 25.5 Å². The number of rotatable bonds is 5. The number of nitrogens with one attached hydrogen (secondary N) is 1. The topological polar surface area (TPSA) is 64.7 Å². The molecule has 0 fully saturated rings. The van der Waals surface area contributed by atoms with Gasteiger partial charge in [-0.15, -0.1) is 0 Å². The predicted octanol–water partition coefficient (Wildman–Crippen LogP) is 3.33. The number of hydrogen-bond acceptors (Lipinski definition) is 3. The van der Waals surface area contributed by atoms with Gasteiger partial charge in [-0.25, -0.2) is 17.6 Å². The first kappa shape index (κ1) is 18.5. The summed E-state index contributed by atoms with van der Waals surface area (Å²) in [4.78, 5) is 12.0. The van der Waals surface area contributed by atoms with Crippen LogP contribution in [0.25, 0.3) is 0 Å². The number of amides is 1. The summed E-state index contributed by atoms with van der Waals surface area (Å²) in [6.07, 6.45) is 2.17. The van der Waals surface area contributed by atoms with Crippen LogP contribution < -0.4 is 5.32 Å². The Morgan fingerprint density at radius 2 is 1.78 bits per heavy atom. The van der Waals surface area contributed by atoms with Crippen LogP contribution in [-0.2, 0) is 6.54 Å². The fourth-order valence-corrected chi connectivity index (χ4v) is 2.27. The summed E-state index contributed by atoms with van der Waals surface area (Å²) in [5.74, 6) is -7.37. The summed E-state index contributed by atoms with van der Waals surface area (Å²) in [6, 6.07) is 2.33. The molecule has 0 aliphatic heterocycles. The third kappa shape index (κ3) is 3.64. The van der Waals surface area contributed by atoms with Crippen LogP contribution in [0.15, 0.2) is 30.6 Å². The highest BCUT2D eigenvalue weighted by molar-refractivity contribution is 6.02. The van der Waals surface area contributed by atoms with E-state index >= 15 is 0 Å². The minimum Gasteiger partial charge on any atom is -0.304 e. The zero-order valence-corrected chi connectivity index (χ0v) is 13.1. The van der Waals surface area contributed by atoms with Gasteiger partial charge >= 0.3 is 6.55 Å². The van der Waals surface area contributed by atoms with Crippen LogP contribution in [0.4, 0.5) is 32.2 Å². The number of halogens is 6. The van der Waals surface area contributed by atoms with Gasteiger partial charge < -0.3 is 5.32 Å². The van der Waals surface area contributed by atoms with Gasteiger partial charge in [-0.05, 0) is 6.07 Å². The van der Waals surface area contributed by atoms with E-state index in [1.165, 1.54) is 12.3 Å². The molecule has 1 N–H and O–H groups in total. The van der Waals surface area contributed by atoms with E-state index in [1.807, 2.05) is 0 Å². The molecule has 2 heterocycles. The lowest BCUT2D eigenvalue weighted by atomic mass is 10.2. The SMILES string of the molecule is O=C(Nc1ccn(Cc2c(F)c(F)cc(F)c2F)n1)c1ccnn1C(F)F. The van der Waals surface area contributed by atoms with Crippen LogP contribution in [0.3, 0.4) is 0 Å². The number of carbonyl (C=O) groups excluding carboxylic acids is 1. The molecule has 12 heteroatoms. The number of nitrogens with zero attached hydrogens (tertiary/aromatic N) is 4. The van der Waals surface area contributed by atoms with Crippen molar-refractivity contribution in [3.05, 3.63) is 65.1 Å². The van der Waals surface area contributed by atoms with E-state index in [0.29, 0.717) is 0 Å². The fraction of sp³-hybridized carbons (Fsp3) is 0.133. The highest BCUT2D eigenvalue weighted by Crippen LogP contribution is 2.20. The van der Waals surface area contributed by atoms with E-state index < -0.39 is 53.5 Å². The first-order chi connectivity index (χ1) is 12.8. The number of alkyl halides is 2. The number of benzene rings is 1. The minimum atomic E-state index is -3.04. The van der Waals surface area contributed by atoms with Crippen molar-refractivity contribution in [2.75, 3.05) is 5.32 Å². The van der Waals surface area contributed by atoms with Gasteiger partial charge in [0.1, 0.15) is 5.69 Å². The third-order valence-corrected chi connectivity index (χ3v) is 3.49. The van der Waals surface area contributed by atoms with Crippen molar-refractivity contribution >= 4 is 11.7 Å². The minimum absolute atomic E-state index is 0.0784. The molecule has 3 aromatic rings. The molecule has 0 radical (unpaired) electrons. The lowest BCUT2D eigenvalue weighted by Crippen LogP contribution is -2.18. The average molecular weight is 389 g/mol. The molecule has 0 atom stereocenters. The summed E-state index contributed by atoms with van der Waals surface area (Å²) >= 11 is 0. The Labute approximate surface area is 147 Å². The molecule has 0 aliphatic carbocycles. The molecule has 1 aromatic carbocycles. The molecule has 0 spiro atoms. The Kier molecular flexibility index (Phi) is 4.88. The molecule has 3 rings (SSSR count). The normalized spacial score (nSPS) is 11.2. The van der Waals surface area contributed by atoms with Crippen LogP contribution in [0.2, 0.25) is 0 Å². The molecule has 0 saturated carbocycles. The first-order valence-corrected chi connectivity index (χ1v) is 7.26. The molecule has 6 nitrogen and oxygen atoms in total. The van der Waals surface area contributed by atoms with E-state index in [4.69, 9.17) is 0 Å². The number of anilines is 1. The second-order valence-electron chi connectivity index (χ2n) is 5.24. The highest BCUT2D eigenvalue weighted by Gasteiger charge is 2.21. The van der Waals surface area contributed by atoms with E-state index in [0.717, 1.165) is 16.9 Å². The molecule has 1 amide bonds. The third-order valence-electron chi connectivity index (χ3n) is 3.49. The van der Waals surface area contributed by atoms with Crippen molar-refractivity contribution < 1.29 is 31.1 Å². The molecule has 0 bridgehead atoms. The maximum Gasteiger partial charge on any atom is 0.333 e. The van der Waals surface area contributed by atoms with Crippen molar-refractivity contribution in [3.63, 3.8) is 0 Å². The van der Waals surface area contributed by atoms with E-state index in [2.05, 4.69) is 15.5 Å². The van der Waals surface area contributed by atoms with Crippen molar-refractivity contribution in [2.24, 2.45) is 0 Å². The van der Waals surface area contributed by atoms with Gasteiger partial charge in [0, 0.05) is 24.5 Å². The first-order valence-electron chi connectivity index (χ1n) is 7.26. The molecule has 142 valence electrons. The predicted molar refractivity (Wildman–Crippen MR) is 79.0 cm³/mol. The number of aromatic nitrogens is 4. The molecule has 27 heavy (non-hydrogen) atoms. The highest BCUT2D eigenvalue weighted by atomic mass is 19.3. The Morgan fingerprint density at radius 3 is 2.41 bits per heavy atom. The second-order valence-corrected chi connectivity index (χ2v) is 5.24. The Hall–Kier alpha value is -3.31. The Balaban J connectivity index is 1.78. The van der Waals surface area contributed by atoms with Crippen LogP contribution in [0.1, 0.15) is 22.6 Å². The summed E-state index contributed by atoms with van der Waals surface area (Å²) in [5.41, 5.74) is -1.34. The largest absolute Gasteiger partial charge is 0.333 e. The molecule has 2 aromatic heterocycles. The van der Waals surface area contributed by atoms with Crippen LogP contribution in [0, 0.1) is 23.3 Å². The summed E-state index contributed by atoms with van der Waals surface area (Å²) in [6.45, 7) is -3.70. The molecular formula is C15H9F6N5O. The van der Waals surface area contributed by atoms with Gasteiger partial charge in [-0.1, -0.05) is 0 Å². The van der Waals surface area contributed by atoms with Gasteiger partial charge in [0.2, 0.25) is 0 Å². The maximum atomic E-state index is 13.7. The zero-order chi connectivity index (χ0) is 19.7. The quantitative estimate of drug-likeness (QED) is 0.538. The van der Waals surface area contributed by atoms with Gasteiger partial charge in [0.25, 0.3) is 5.91 Å². The molecule has 0 unspecified atom stereocenters. The smallest absolute Gasteiger partial charge is 0.304 e. The average Bonchev–Trinajstić information content (AvgIpc) is 3.26. The van der Waals surface area contributed by atoms with Crippen molar-refractivity contribution in [3.8, 4) is 0 Å². The van der Waals surface area contributed by atoms with Gasteiger partial charge in [0.15, 0.2) is 29.1 Å². The lowest BCUT2D eigenvalue weighted by molar-refractivity contribution is 0.0520. The summed E-state index contributed by atoms with van der Waals surface area (Å²) in [5, 5.41) is 9.26. The number of hydrogen-bond donors (Lipinski definition) is 1. The van der Waals surface area contributed by atoms with Crippen molar-refractivity contribution in [2.45, 2.75) is 13.1 Å². The molecule has 0 aliphatic rings. The number of carbonyl (C=O) groups is 1. The summed E-state index contributed by atoms with van der Waals surface area (Å²) < 4.78 is 80.3. The Morgan fingerprint density at radius 1 is 1.11 bits per heavy atom. The standard InChI is InChI=1S/C15H9F6N5O/c16-8-5-9(17)13(19)7(12(8)18)6-25-4-2-11(24-25)23-14(27)10-1-3-22-26(10)15(20)21/h1-5,15H,6H2,(H,23,24,27). The Bertz CT molecular complexity index is 972. The molecule has 0 saturated heterocycles. The van der Waals surface area contributed by atoms with E-state index in [1.54, 1.807) is 0 Å². The zero-order valence-electron chi connectivity index (χ0n) is 13.1. The second kappa shape index (κ2) is 7.13. The van der Waals surface area contributed by atoms with Crippen molar-refractivity contribution in [1.29, 1.82) is 0 Å². The van der Waals surface area contributed by atoms with Crippen LogP contribution in [0.5, 0.6) is 0 Å². The van der Waals surface area contributed by atoms with Crippen molar-refractivity contribution in [1.82, 2.24) is 19.6 Å². The van der Waals surface area contributed by atoms with Gasteiger partial charge in [-0.3, -0.25) is 9.48 Å². The van der Waals surface area contributed by atoms with E-state index in [9.17, 15) is 31.1 Å². The lowest BCUT2D eigenvalue weighted by Gasteiger charge is -2.07.